The van der Waals surface area contributed by atoms with E-state index in [0.717, 1.165) is 58.3 Å². The molecule has 3 amide bonds. The molecule has 1 saturated carbocycles. The first kappa shape index (κ1) is 18.8. The Bertz CT molecular complexity index is 578. The van der Waals surface area contributed by atoms with Crippen molar-refractivity contribution in [3.8, 4) is 0 Å². The van der Waals surface area contributed by atoms with Gasteiger partial charge >= 0.3 is 12.1 Å². The highest BCUT2D eigenvalue weighted by Gasteiger charge is 2.47. The second kappa shape index (κ2) is 7.49. The van der Waals surface area contributed by atoms with Gasteiger partial charge < -0.3 is 19.9 Å². The van der Waals surface area contributed by atoms with E-state index in [-0.39, 0.29) is 17.7 Å². The summed E-state index contributed by atoms with van der Waals surface area (Å²) in [6, 6.07) is 1.30. The van der Waals surface area contributed by atoms with Gasteiger partial charge in [-0.1, -0.05) is 12.8 Å². The topological polar surface area (TPSA) is 65.1 Å². The number of hydrogen-bond acceptors (Lipinski definition) is 4. The number of hydrogen-bond donors (Lipinski definition) is 1. The van der Waals surface area contributed by atoms with Crippen molar-refractivity contribution in [2.45, 2.75) is 82.5 Å². The Balaban J connectivity index is 1.34. The monoisotopic (exact) mass is 378 g/mol. The number of carbonyl (C=O) groups is 2. The van der Waals surface area contributed by atoms with Crippen LogP contribution >= 0.6 is 0 Å². The lowest BCUT2D eigenvalue weighted by atomic mass is 9.88. The van der Waals surface area contributed by atoms with Crippen LogP contribution in [0.5, 0.6) is 0 Å². The fraction of sp³-hybridized carbons (Fsp3) is 0.900. The molecule has 7 nitrogen and oxygen atoms in total. The van der Waals surface area contributed by atoms with Gasteiger partial charge in [-0.25, -0.2) is 9.59 Å². The van der Waals surface area contributed by atoms with Gasteiger partial charge in [0.2, 0.25) is 0 Å². The Morgan fingerprint density at radius 2 is 1.93 bits per heavy atom. The zero-order valence-corrected chi connectivity index (χ0v) is 16.8. The molecule has 1 N–H and O–H groups in total. The maximum absolute atomic E-state index is 12.6. The molecule has 3 unspecified atom stereocenters. The van der Waals surface area contributed by atoms with Gasteiger partial charge in [0, 0.05) is 37.8 Å². The quantitative estimate of drug-likeness (QED) is 0.819. The highest BCUT2D eigenvalue weighted by Crippen LogP contribution is 2.35. The molecular formula is C20H34N4O3. The minimum atomic E-state index is -0.187. The van der Waals surface area contributed by atoms with Crippen LogP contribution in [0.3, 0.4) is 0 Å². The summed E-state index contributed by atoms with van der Waals surface area (Å²) in [5.74, 6) is 0. The molecular weight excluding hydrogens is 344 g/mol. The van der Waals surface area contributed by atoms with Gasteiger partial charge in [0.1, 0.15) is 0 Å². The zero-order valence-electron chi connectivity index (χ0n) is 16.8. The average Bonchev–Trinajstić information content (AvgIpc) is 3.23. The number of nitrogens with zero attached hydrogens (tertiary/aromatic N) is 3. The van der Waals surface area contributed by atoms with Crippen LogP contribution in [0, 0.1) is 0 Å². The molecule has 1 aliphatic carbocycles. The van der Waals surface area contributed by atoms with E-state index >= 15 is 0 Å². The van der Waals surface area contributed by atoms with Gasteiger partial charge in [0.15, 0.2) is 0 Å². The molecule has 0 aromatic carbocycles. The number of carbonyl (C=O) groups excluding carboxylic acids is 2. The van der Waals surface area contributed by atoms with Gasteiger partial charge in [-0.3, -0.25) is 4.90 Å². The third-order valence-electron chi connectivity index (χ3n) is 7.23. The highest BCUT2D eigenvalue weighted by atomic mass is 16.6. The Labute approximate surface area is 162 Å². The SMILES string of the molecule is CCOC(=O)N1CCC(C)(N2CCC(N3C(=O)NC4CCCCC43)CC2)C1. The first-order valence-corrected chi connectivity index (χ1v) is 10.8. The van der Waals surface area contributed by atoms with E-state index in [1.807, 2.05) is 11.8 Å². The van der Waals surface area contributed by atoms with E-state index in [9.17, 15) is 9.59 Å². The van der Waals surface area contributed by atoms with E-state index < -0.39 is 0 Å². The Morgan fingerprint density at radius 3 is 2.67 bits per heavy atom. The summed E-state index contributed by atoms with van der Waals surface area (Å²) in [5, 5.41) is 3.22. The number of amides is 3. The van der Waals surface area contributed by atoms with Crippen LogP contribution in [0.1, 0.15) is 58.8 Å². The Kier molecular flexibility index (Phi) is 5.23. The number of fused-ring (bicyclic) bond motifs is 1. The molecule has 0 aromatic heterocycles. The van der Waals surface area contributed by atoms with Crippen molar-refractivity contribution >= 4 is 12.1 Å². The van der Waals surface area contributed by atoms with Crippen LogP contribution in [0.4, 0.5) is 9.59 Å². The van der Waals surface area contributed by atoms with Crippen LogP contribution in [0.25, 0.3) is 0 Å². The van der Waals surface area contributed by atoms with Crippen molar-refractivity contribution in [3.63, 3.8) is 0 Å². The molecule has 152 valence electrons. The van der Waals surface area contributed by atoms with E-state index in [4.69, 9.17) is 4.74 Å². The Morgan fingerprint density at radius 1 is 1.19 bits per heavy atom. The lowest BCUT2D eigenvalue weighted by Crippen LogP contribution is -2.56. The number of likely N-dealkylation sites (tertiary alicyclic amines) is 2. The van der Waals surface area contributed by atoms with Gasteiger partial charge in [0.05, 0.1) is 18.7 Å². The van der Waals surface area contributed by atoms with Crippen molar-refractivity contribution in [1.29, 1.82) is 0 Å². The third kappa shape index (κ3) is 3.50. The summed E-state index contributed by atoms with van der Waals surface area (Å²) in [6.45, 7) is 8.06. The molecule has 3 aliphatic heterocycles. The molecule has 4 rings (SSSR count). The van der Waals surface area contributed by atoms with Crippen molar-refractivity contribution in [1.82, 2.24) is 20.0 Å². The van der Waals surface area contributed by atoms with E-state index in [1.54, 1.807) is 0 Å². The van der Waals surface area contributed by atoms with E-state index in [2.05, 4.69) is 22.0 Å². The van der Waals surface area contributed by atoms with Crippen LogP contribution in [-0.4, -0.2) is 83.3 Å². The standard InChI is InChI=1S/C20H34N4O3/c1-3-27-19(26)22-13-10-20(2,14-22)23-11-8-15(9-12-23)24-17-7-5-4-6-16(17)21-18(24)25/h15-17H,3-14H2,1-2H3,(H,21,25). The normalized spacial score (nSPS) is 35.3. The zero-order chi connectivity index (χ0) is 19.0. The summed E-state index contributed by atoms with van der Waals surface area (Å²) in [4.78, 5) is 31.2. The fourth-order valence-corrected chi connectivity index (χ4v) is 5.69. The van der Waals surface area contributed by atoms with Crippen LogP contribution < -0.4 is 5.32 Å². The first-order valence-electron chi connectivity index (χ1n) is 10.8. The number of ether oxygens (including phenoxy) is 1. The van der Waals surface area contributed by atoms with Crippen molar-refractivity contribution < 1.29 is 14.3 Å². The van der Waals surface area contributed by atoms with Gasteiger partial charge in [-0.15, -0.1) is 0 Å². The summed E-state index contributed by atoms with van der Waals surface area (Å²) in [5.41, 5.74) is 0.0262. The molecule has 0 radical (unpaired) electrons. The fourth-order valence-electron chi connectivity index (χ4n) is 5.69. The lowest BCUT2D eigenvalue weighted by molar-refractivity contribution is 0.0426. The van der Waals surface area contributed by atoms with E-state index in [0.29, 0.717) is 24.7 Å². The molecule has 7 heteroatoms. The van der Waals surface area contributed by atoms with Crippen molar-refractivity contribution in [2.24, 2.45) is 0 Å². The maximum Gasteiger partial charge on any atom is 0.409 e. The number of piperidine rings is 1. The highest BCUT2D eigenvalue weighted by molar-refractivity contribution is 5.78. The molecule has 4 fully saturated rings. The smallest absolute Gasteiger partial charge is 0.409 e. The second-order valence-electron chi connectivity index (χ2n) is 8.90. The molecule has 4 aliphatic rings. The Hall–Kier alpha value is -1.50. The maximum atomic E-state index is 12.6. The molecule has 27 heavy (non-hydrogen) atoms. The summed E-state index contributed by atoms with van der Waals surface area (Å²) < 4.78 is 5.17. The van der Waals surface area contributed by atoms with Crippen LogP contribution in [0.15, 0.2) is 0 Å². The van der Waals surface area contributed by atoms with Gasteiger partial charge in [-0.05, 0) is 46.0 Å². The third-order valence-corrected chi connectivity index (χ3v) is 7.23. The summed E-state index contributed by atoms with van der Waals surface area (Å²) in [7, 11) is 0. The first-order chi connectivity index (χ1) is 13.0. The van der Waals surface area contributed by atoms with Crippen molar-refractivity contribution in [3.05, 3.63) is 0 Å². The van der Waals surface area contributed by atoms with Gasteiger partial charge in [0.25, 0.3) is 0 Å². The summed E-state index contributed by atoms with van der Waals surface area (Å²) in [6.07, 6.45) is 7.63. The predicted octanol–water partition coefficient (Wildman–Crippen LogP) is 2.41. The van der Waals surface area contributed by atoms with Gasteiger partial charge in [-0.2, -0.15) is 0 Å². The molecule has 0 aromatic rings. The van der Waals surface area contributed by atoms with Crippen LogP contribution in [0.2, 0.25) is 0 Å². The average molecular weight is 379 g/mol. The number of nitrogens with one attached hydrogen (secondary N) is 1. The minimum absolute atomic E-state index is 0.0262. The molecule has 3 heterocycles. The predicted molar refractivity (Wildman–Crippen MR) is 103 cm³/mol. The van der Waals surface area contributed by atoms with Crippen LogP contribution in [-0.2, 0) is 4.74 Å². The lowest BCUT2D eigenvalue weighted by Gasteiger charge is -2.45. The molecule has 3 saturated heterocycles. The largest absolute Gasteiger partial charge is 0.450 e. The van der Waals surface area contributed by atoms with E-state index in [1.165, 1.54) is 12.8 Å². The molecule has 0 bridgehead atoms. The second-order valence-corrected chi connectivity index (χ2v) is 8.90. The molecule has 0 spiro atoms. The number of rotatable bonds is 3. The summed E-state index contributed by atoms with van der Waals surface area (Å²) >= 11 is 0. The molecule has 3 atom stereocenters. The minimum Gasteiger partial charge on any atom is -0.450 e. The van der Waals surface area contributed by atoms with Crippen molar-refractivity contribution in [2.75, 3.05) is 32.8 Å². The number of urea groups is 1.